The van der Waals surface area contributed by atoms with Gasteiger partial charge in [-0.2, -0.15) is 0 Å². The van der Waals surface area contributed by atoms with Crippen LogP contribution in [-0.4, -0.2) is 28.8 Å². The number of nitrogens with one attached hydrogen (secondary N) is 1. The van der Waals surface area contributed by atoms with Crippen LogP contribution in [0.1, 0.15) is 38.3 Å². The highest BCUT2D eigenvalue weighted by atomic mass is 79.9. The molecule has 0 radical (unpaired) electrons. The first-order valence-electron chi connectivity index (χ1n) is 9.39. The molecule has 0 heterocycles. The van der Waals surface area contributed by atoms with E-state index < -0.39 is 6.04 Å². The van der Waals surface area contributed by atoms with Gasteiger partial charge in [-0.25, -0.2) is 0 Å². The fraction of sp³-hybridized carbons (Fsp3) is 0.364. The third-order valence-corrected chi connectivity index (χ3v) is 5.63. The van der Waals surface area contributed by atoms with Crippen LogP contribution in [0.5, 0.6) is 0 Å². The Balaban J connectivity index is 2.23. The van der Waals surface area contributed by atoms with Crippen molar-refractivity contribution < 1.29 is 9.59 Å². The van der Waals surface area contributed by atoms with Gasteiger partial charge in [0.2, 0.25) is 11.8 Å². The molecule has 1 N–H and O–H groups in total. The maximum absolute atomic E-state index is 13.1. The summed E-state index contributed by atoms with van der Waals surface area (Å²) in [6, 6.07) is 14.5. The van der Waals surface area contributed by atoms with Gasteiger partial charge in [0.15, 0.2) is 0 Å². The van der Waals surface area contributed by atoms with Crippen LogP contribution in [0.15, 0.2) is 53.0 Å². The second kappa shape index (κ2) is 10.6. The maximum atomic E-state index is 13.1. The van der Waals surface area contributed by atoms with E-state index in [1.54, 1.807) is 17.9 Å². The van der Waals surface area contributed by atoms with Crippen molar-refractivity contribution in [3.63, 3.8) is 0 Å². The lowest BCUT2D eigenvalue weighted by Gasteiger charge is -2.30. The standard InChI is InChI=1S/C22H26BrClN2O2/c1-4-15(2)25-22(28)16(3)26(14-17-9-11-19(23)12-10-17)21(27)13-18-7-5-6-8-20(18)24/h5-12,15-16H,4,13-14H2,1-3H3,(H,25,28)/t15-,16+/m0/s1. The molecular weight excluding hydrogens is 440 g/mol. The summed E-state index contributed by atoms with van der Waals surface area (Å²) in [6.07, 6.45) is 0.982. The van der Waals surface area contributed by atoms with Crippen LogP contribution in [-0.2, 0) is 22.6 Å². The fourth-order valence-corrected chi connectivity index (χ4v) is 3.21. The molecule has 0 unspecified atom stereocenters. The van der Waals surface area contributed by atoms with Crippen LogP contribution in [0.25, 0.3) is 0 Å². The summed E-state index contributed by atoms with van der Waals surface area (Å²) in [7, 11) is 0. The lowest BCUT2D eigenvalue weighted by atomic mass is 10.1. The topological polar surface area (TPSA) is 49.4 Å². The first kappa shape index (κ1) is 22.4. The predicted molar refractivity (Wildman–Crippen MR) is 117 cm³/mol. The quantitative estimate of drug-likeness (QED) is 0.598. The number of carbonyl (C=O) groups is 2. The van der Waals surface area contributed by atoms with E-state index in [4.69, 9.17) is 11.6 Å². The summed E-state index contributed by atoms with van der Waals surface area (Å²) in [5.74, 6) is -0.290. The summed E-state index contributed by atoms with van der Waals surface area (Å²) in [6.45, 7) is 6.08. The van der Waals surface area contributed by atoms with Gasteiger partial charge in [0, 0.05) is 22.1 Å². The van der Waals surface area contributed by atoms with Crippen molar-refractivity contribution >= 4 is 39.3 Å². The van der Waals surface area contributed by atoms with Gasteiger partial charge in [-0.05, 0) is 49.6 Å². The monoisotopic (exact) mass is 464 g/mol. The Morgan fingerprint density at radius 3 is 2.36 bits per heavy atom. The zero-order valence-corrected chi connectivity index (χ0v) is 18.8. The highest BCUT2D eigenvalue weighted by Gasteiger charge is 2.27. The van der Waals surface area contributed by atoms with Crippen LogP contribution in [0, 0.1) is 0 Å². The second-order valence-electron chi connectivity index (χ2n) is 6.91. The number of hydrogen-bond acceptors (Lipinski definition) is 2. The number of hydrogen-bond donors (Lipinski definition) is 1. The van der Waals surface area contributed by atoms with Crippen molar-refractivity contribution in [2.75, 3.05) is 0 Å². The Hall–Kier alpha value is -1.85. The molecule has 2 atom stereocenters. The smallest absolute Gasteiger partial charge is 0.242 e. The summed E-state index contributed by atoms with van der Waals surface area (Å²) in [5, 5.41) is 3.52. The molecular formula is C22H26BrClN2O2. The van der Waals surface area contributed by atoms with Crippen molar-refractivity contribution in [3.05, 3.63) is 69.2 Å². The van der Waals surface area contributed by atoms with E-state index in [2.05, 4.69) is 21.2 Å². The van der Waals surface area contributed by atoms with Gasteiger partial charge in [-0.1, -0.05) is 64.8 Å². The van der Waals surface area contributed by atoms with Gasteiger partial charge in [0.05, 0.1) is 6.42 Å². The molecule has 0 saturated heterocycles. The van der Waals surface area contributed by atoms with E-state index >= 15 is 0 Å². The van der Waals surface area contributed by atoms with Crippen LogP contribution < -0.4 is 5.32 Å². The normalized spacial score (nSPS) is 12.9. The van der Waals surface area contributed by atoms with Gasteiger partial charge in [-0.15, -0.1) is 0 Å². The molecule has 2 aromatic rings. The number of amides is 2. The Morgan fingerprint density at radius 2 is 1.75 bits per heavy atom. The van der Waals surface area contributed by atoms with Crippen molar-refractivity contribution in [2.24, 2.45) is 0 Å². The zero-order valence-electron chi connectivity index (χ0n) is 16.4. The zero-order chi connectivity index (χ0) is 20.7. The molecule has 6 heteroatoms. The largest absolute Gasteiger partial charge is 0.352 e. The molecule has 0 aliphatic carbocycles. The number of carbonyl (C=O) groups excluding carboxylic acids is 2. The molecule has 0 bridgehead atoms. The number of nitrogens with zero attached hydrogens (tertiary/aromatic N) is 1. The molecule has 0 fully saturated rings. The summed E-state index contributed by atoms with van der Waals surface area (Å²) < 4.78 is 0.966. The third kappa shape index (κ3) is 6.35. The Kier molecular flexibility index (Phi) is 8.52. The minimum Gasteiger partial charge on any atom is -0.352 e. The minimum atomic E-state index is -0.590. The van der Waals surface area contributed by atoms with E-state index in [0.717, 1.165) is 22.0 Å². The summed E-state index contributed by atoms with van der Waals surface area (Å²) >= 11 is 9.65. The molecule has 28 heavy (non-hydrogen) atoms. The van der Waals surface area contributed by atoms with Gasteiger partial charge >= 0.3 is 0 Å². The second-order valence-corrected chi connectivity index (χ2v) is 8.23. The highest BCUT2D eigenvalue weighted by Crippen LogP contribution is 2.19. The van der Waals surface area contributed by atoms with E-state index in [1.165, 1.54) is 0 Å². The van der Waals surface area contributed by atoms with E-state index in [0.29, 0.717) is 11.6 Å². The minimum absolute atomic E-state index is 0.0585. The Bertz CT molecular complexity index is 810. The predicted octanol–water partition coefficient (Wildman–Crippen LogP) is 4.98. The molecule has 150 valence electrons. The molecule has 0 aliphatic heterocycles. The number of halogens is 2. The van der Waals surface area contributed by atoms with E-state index in [1.807, 2.05) is 56.3 Å². The van der Waals surface area contributed by atoms with Gasteiger partial charge in [0.1, 0.15) is 6.04 Å². The average Bonchev–Trinajstić information content (AvgIpc) is 2.68. The lowest BCUT2D eigenvalue weighted by Crippen LogP contribution is -2.49. The molecule has 0 spiro atoms. The first-order valence-corrected chi connectivity index (χ1v) is 10.6. The summed E-state index contributed by atoms with van der Waals surface area (Å²) in [5.41, 5.74) is 1.71. The van der Waals surface area contributed by atoms with Gasteiger partial charge < -0.3 is 10.2 Å². The van der Waals surface area contributed by atoms with Crippen LogP contribution >= 0.6 is 27.5 Å². The molecule has 2 amide bonds. The van der Waals surface area contributed by atoms with E-state index in [9.17, 15) is 9.59 Å². The lowest BCUT2D eigenvalue weighted by molar-refractivity contribution is -0.140. The van der Waals surface area contributed by atoms with Crippen molar-refractivity contribution in [2.45, 2.75) is 52.2 Å². The molecule has 0 aliphatic rings. The number of benzene rings is 2. The third-order valence-electron chi connectivity index (χ3n) is 4.73. The van der Waals surface area contributed by atoms with Crippen LogP contribution in [0.3, 0.4) is 0 Å². The SMILES string of the molecule is CC[C@H](C)NC(=O)[C@@H](C)N(Cc1ccc(Br)cc1)C(=O)Cc1ccccc1Cl. The molecule has 2 rings (SSSR count). The Labute approximate surface area is 180 Å². The van der Waals surface area contributed by atoms with Crippen molar-refractivity contribution in [1.29, 1.82) is 0 Å². The summed E-state index contributed by atoms with van der Waals surface area (Å²) in [4.78, 5) is 27.4. The molecule has 4 nitrogen and oxygen atoms in total. The number of rotatable bonds is 8. The molecule has 0 aromatic heterocycles. The van der Waals surface area contributed by atoms with Gasteiger partial charge in [-0.3, -0.25) is 9.59 Å². The van der Waals surface area contributed by atoms with Crippen LogP contribution in [0.2, 0.25) is 5.02 Å². The average molecular weight is 466 g/mol. The Morgan fingerprint density at radius 1 is 1.11 bits per heavy atom. The first-order chi connectivity index (χ1) is 13.3. The van der Waals surface area contributed by atoms with Crippen LogP contribution in [0.4, 0.5) is 0 Å². The van der Waals surface area contributed by atoms with Gasteiger partial charge in [0.25, 0.3) is 0 Å². The highest BCUT2D eigenvalue weighted by molar-refractivity contribution is 9.10. The van der Waals surface area contributed by atoms with E-state index in [-0.39, 0.29) is 24.3 Å². The molecule has 2 aromatic carbocycles. The maximum Gasteiger partial charge on any atom is 0.242 e. The fourth-order valence-electron chi connectivity index (χ4n) is 2.74. The molecule has 0 saturated carbocycles. The van der Waals surface area contributed by atoms with Crippen molar-refractivity contribution in [1.82, 2.24) is 10.2 Å². The van der Waals surface area contributed by atoms with Crippen molar-refractivity contribution in [3.8, 4) is 0 Å².